The predicted molar refractivity (Wildman–Crippen MR) is 129 cm³/mol. The van der Waals surface area contributed by atoms with Gasteiger partial charge < -0.3 is 9.64 Å². The van der Waals surface area contributed by atoms with Crippen molar-refractivity contribution in [2.45, 2.75) is 59.7 Å². The summed E-state index contributed by atoms with van der Waals surface area (Å²) in [5.74, 6) is -1.05. The molecule has 9 heteroatoms. The Morgan fingerprint density at radius 3 is 2.59 bits per heavy atom. The standard InChI is InChI=1S/C23H22ClN3O5.C2H6/c1-12-7-16(9-18(24)13(12)2)25-23(31)32-11-14-3-4-15-10-27(22(30)17(15)8-14)19-5-6-20(28)26-21(19)29;1-2/h3-4,7-9,19H,5-6,10-11H2,1-2H3,(H,25,31)(H,26,28,29);1-2H3. The highest BCUT2D eigenvalue weighted by atomic mass is 35.5. The number of nitrogens with one attached hydrogen (secondary N) is 2. The number of anilines is 1. The number of ether oxygens (including phenoxy) is 1. The normalized spacial score (nSPS) is 16.9. The lowest BCUT2D eigenvalue weighted by Crippen LogP contribution is -2.52. The smallest absolute Gasteiger partial charge is 0.411 e. The molecule has 1 saturated heterocycles. The van der Waals surface area contributed by atoms with Crippen molar-refractivity contribution in [1.82, 2.24) is 10.2 Å². The van der Waals surface area contributed by atoms with Crippen LogP contribution >= 0.6 is 11.6 Å². The summed E-state index contributed by atoms with van der Waals surface area (Å²) < 4.78 is 5.29. The molecule has 1 unspecified atom stereocenters. The predicted octanol–water partition coefficient (Wildman–Crippen LogP) is 4.49. The van der Waals surface area contributed by atoms with E-state index in [1.165, 1.54) is 4.90 Å². The largest absolute Gasteiger partial charge is 0.444 e. The molecule has 0 saturated carbocycles. The Morgan fingerprint density at radius 1 is 1.18 bits per heavy atom. The fraction of sp³-hybridized carbons (Fsp3) is 0.360. The second-order valence-electron chi connectivity index (χ2n) is 7.99. The maximum Gasteiger partial charge on any atom is 0.411 e. The van der Waals surface area contributed by atoms with Crippen molar-refractivity contribution in [3.8, 4) is 0 Å². The van der Waals surface area contributed by atoms with Gasteiger partial charge in [-0.2, -0.15) is 0 Å². The highest BCUT2D eigenvalue weighted by molar-refractivity contribution is 6.31. The van der Waals surface area contributed by atoms with Crippen LogP contribution in [-0.2, 0) is 27.5 Å². The number of aryl methyl sites for hydroxylation is 1. The Hall–Kier alpha value is -3.39. The topological polar surface area (TPSA) is 105 Å². The SMILES string of the molecule is CC.Cc1cc(NC(=O)OCc2ccc3c(c2)C(=O)N(C2CCC(=O)NC2=O)C3)cc(Cl)c1C. The Balaban J connectivity index is 0.00000158. The van der Waals surface area contributed by atoms with Gasteiger partial charge in [-0.05, 0) is 60.7 Å². The molecule has 0 bridgehead atoms. The summed E-state index contributed by atoms with van der Waals surface area (Å²) in [6, 6.07) is 8.04. The van der Waals surface area contributed by atoms with Crippen LogP contribution in [0, 0.1) is 13.8 Å². The Bertz CT molecular complexity index is 1120. The molecule has 2 aliphatic heterocycles. The molecule has 0 aromatic heterocycles. The van der Waals surface area contributed by atoms with Crippen LogP contribution in [0.15, 0.2) is 30.3 Å². The highest BCUT2D eigenvalue weighted by Gasteiger charge is 2.39. The molecule has 180 valence electrons. The lowest BCUT2D eigenvalue weighted by atomic mass is 10.0. The third-order valence-electron chi connectivity index (χ3n) is 5.81. The number of rotatable bonds is 4. The second-order valence-corrected chi connectivity index (χ2v) is 8.40. The van der Waals surface area contributed by atoms with Crippen molar-refractivity contribution >= 4 is 41.1 Å². The molecular weight excluding hydrogens is 458 g/mol. The van der Waals surface area contributed by atoms with Crippen molar-refractivity contribution in [2.75, 3.05) is 5.32 Å². The van der Waals surface area contributed by atoms with Crippen LogP contribution in [-0.4, -0.2) is 34.8 Å². The summed E-state index contributed by atoms with van der Waals surface area (Å²) in [6.45, 7) is 8.08. The fourth-order valence-electron chi connectivity index (χ4n) is 3.88. The van der Waals surface area contributed by atoms with Crippen LogP contribution in [0.25, 0.3) is 0 Å². The van der Waals surface area contributed by atoms with E-state index in [1.807, 2.05) is 27.7 Å². The molecule has 2 heterocycles. The van der Waals surface area contributed by atoms with E-state index >= 15 is 0 Å². The Kier molecular flexibility index (Phi) is 7.94. The van der Waals surface area contributed by atoms with Crippen LogP contribution in [0.2, 0.25) is 5.02 Å². The van der Waals surface area contributed by atoms with Gasteiger partial charge in [-0.25, -0.2) is 4.79 Å². The number of carbonyl (C=O) groups excluding carboxylic acids is 4. The van der Waals surface area contributed by atoms with E-state index in [4.69, 9.17) is 16.3 Å². The third kappa shape index (κ3) is 5.39. The van der Waals surface area contributed by atoms with Gasteiger partial charge in [0.15, 0.2) is 0 Å². The minimum atomic E-state index is -0.664. The van der Waals surface area contributed by atoms with E-state index in [9.17, 15) is 19.2 Å². The molecule has 34 heavy (non-hydrogen) atoms. The highest BCUT2D eigenvalue weighted by Crippen LogP contribution is 2.28. The molecule has 4 amide bonds. The average Bonchev–Trinajstić information content (AvgIpc) is 3.13. The third-order valence-corrected chi connectivity index (χ3v) is 6.21. The zero-order chi connectivity index (χ0) is 25.0. The van der Waals surface area contributed by atoms with E-state index in [0.717, 1.165) is 16.7 Å². The molecule has 8 nitrogen and oxygen atoms in total. The van der Waals surface area contributed by atoms with Gasteiger partial charge in [0.2, 0.25) is 11.8 Å². The van der Waals surface area contributed by atoms with Crippen LogP contribution in [0.4, 0.5) is 10.5 Å². The fourth-order valence-corrected chi connectivity index (χ4v) is 4.15. The number of carbonyl (C=O) groups is 4. The number of nitrogens with zero attached hydrogens (tertiary/aromatic N) is 1. The van der Waals surface area contributed by atoms with E-state index in [2.05, 4.69) is 10.6 Å². The first-order chi connectivity index (χ1) is 16.2. The van der Waals surface area contributed by atoms with Crippen molar-refractivity contribution in [1.29, 1.82) is 0 Å². The van der Waals surface area contributed by atoms with Crippen LogP contribution in [0.3, 0.4) is 0 Å². The number of fused-ring (bicyclic) bond motifs is 1. The zero-order valence-electron chi connectivity index (χ0n) is 19.7. The monoisotopic (exact) mass is 485 g/mol. The maximum atomic E-state index is 12.9. The van der Waals surface area contributed by atoms with Crippen LogP contribution < -0.4 is 10.6 Å². The van der Waals surface area contributed by atoms with E-state index in [-0.39, 0.29) is 24.8 Å². The number of hydrogen-bond donors (Lipinski definition) is 2. The van der Waals surface area contributed by atoms with Gasteiger partial charge >= 0.3 is 6.09 Å². The first-order valence-corrected chi connectivity index (χ1v) is 11.6. The minimum absolute atomic E-state index is 0.0244. The summed E-state index contributed by atoms with van der Waals surface area (Å²) in [6.07, 6.45) is -0.124. The van der Waals surface area contributed by atoms with Crippen LogP contribution in [0.1, 0.15) is 59.3 Å². The molecule has 2 aromatic carbocycles. The first kappa shape index (κ1) is 25.2. The molecule has 1 fully saturated rings. The van der Waals surface area contributed by atoms with Crippen molar-refractivity contribution in [3.63, 3.8) is 0 Å². The van der Waals surface area contributed by atoms with E-state index in [1.54, 1.807) is 30.3 Å². The lowest BCUT2D eigenvalue weighted by Gasteiger charge is -2.29. The number of halogens is 1. The quantitative estimate of drug-likeness (QED) is 0.621. The molecular formula is C25H28ClN3O5. The van der Waals surface area contributed by atoms with E-state index in [0.29, 0.717) is 34.8 Å². The summed E-state index contributed by atoms with van der Waals surface area (Å²) in [5.41, 5.74) is 4.34. The van der Waals surface area contributed by atoms with Gasteiger partial charge in [-0.15, -0.1) is 0 Å². The Labute approximate surface area is 203 Å². The van der Waals surface area contributed by atoms with Gasteiger partial charge in [0, 0.05) is 29.2 Å². The minimum Gasteiger partial charge on any atom is -0.444 e. The molecule has 0 spiro atoms. The summed E-state index contributed by atoms with van der Waals surface area (Å²) >= 11 is 6.16. The summed E-state index contributed by atoms with van der Waals surface area (Å²) in [4.78, 5) is 50.1. The molecule has 1 atom stereocenters. The molecule has 0 aliphatic carbocycles. The van der Waals surface area contributed by atoms with Gasteiger partial charge in [0.05, 0.1) is 0 Å². The summed E-state index contributed by atoms with van der Waals surface area (Å²) in [7, 11) is 0. The summed E-state index contributed by atoms with van der Waals surface area (Å²) in [5, 5.41) is 5.48. The van der Waals surface area contributed by atoms with Gasteiger partial charge in [0.25, 0.3) is 5.91 Å². The van der Waals surface area contributed by atoms with Gasteiger partial charge in [-0.3, -0.25) is 25.0 Å². The molecule has 2 N–H and O–H groups in total. The second kappa shape index (κ2) is 10.7. The Morgan fingerprint density at radius 2 is 1.91 bits per heavy atom. The van der Waals surface area contributed by atoms with Gasteiger partial charge in [0.1, 0.15) is 12.6 Å². The molecule has 2 aliphatic rings. The maximum absolute atomic E-state index is 12.9. The number of piperidine rings is 1. The number of amides is 4. The molecule has 4 rings (SSSR count). The number of imide groups is 1. The number of hydrogen-bond acceptors (Lipinski definition) is 5. The van der Waals surface area contributed by atoms with Crippen molar-refractivity contribution in [2.24, 2.45) is 0 Å². The van der Waals surface area contributed by atoms with Crippen molar-refractivity contribution in [3.05, 3.63) is 63.2 Å². The molecule has 2 aromatic rings. The van der Waals surface area contributed by atoms with Crippen molar-refractivity contribution < 1.29 is 23.9 Å². The van der Waals surface area contributed by atoms with Gasteiger partial charge in [-0.1, -0.05) is 37.6 Å². The first-order valence-electron chi connectivity index (χ1n) is 11.2. The number of benzene rings is 2. The lowest BCUT2D eigenvalue weighted by molar-refractivity contribution is -0.136. The zero-order valence-corrected chi connectivity index (χ0v) is 20.4. The van der Waals surface area contributed by atoms with Crippen LogP contribution in [0.5, 0.6) is 0 Å². The molecule has 0 radical (unpaired) electrons. The average molecular weight is 486 g/mol. The van der Waals surface area contributed by atoms with E-state index < -0.39 is 18.0 Å².